The molecule has 0 bridgehead atoms. The fraction of sp³-hybridized carbons (Fsp3) is 0.318. The number of rotatable bonds is 7. The summed E-state index contributed by atoms with van der Waals surface area (Å²) in [6.45, 7) is 5.12. The number of hydrogen-bond acceptors (Lipinski definition) is 5. The molecule has 1 N–H and O–H groups in total. The minimum atomic E-state index is -1.04. The van der Waals surface area contributed by atoms with Crippen molar-refractivity contribution in [2.45, 2.75) is 26.9 Å². The van der Waals surface area contributed by atoms with Crippen LogP contribution in [0.4, 0.5) is 5.69 Å². The molecule has 7 nitrogen and oxygen atoms in total. The van der Waals surface area contributed by atoms with E-state index in [1.807, 2.05) is 26.0 Å². The number of esters is 1. The lowest BCUT2D eigenvalue weighted by Gasteiger charge is -2.21. The molecule has 0 heterocycles. The van der Waals surface area contributed by atoms with Crippen molar-refractivity contribution in [2.24, 2.45) is 0 Å². The van der Waals surface area contributed by atoms with E-state index < -0.39 is 18.0 Å². The zero-order chi connectivity index (χ0) is 21.6. The zero-order valence-corrected chi connectivity index (χ0v) is 17.3. The average molecular weight is 398 g/mol. The SMILES string of the molecule is COc1cc(C(=O)O[C@H](C)C(=O)N(C)CC(=O)Nc2ccc(C)cc2)ccc1C. The van der Waals surface area contributed by atoms with E-state index in [9.17, 15) is 14.4 Å². The van der Waals surface area contributed by atoms with E-state index in [0.29, 0.717) is 11.4 Å². The highest BCUT2D eigenvalue weighted by Gasteiger charge is 2.24. The van der Waals surface area contributed by atoms with Crippen LogP contribution < -0.4 is 10.1 Å². The number of ether oxygens (including phenoxy) is 2. The normalized spacial score (nSPS) is 11.3. The Balaban J connectivity index is 1.91. The maximum Gasteiger partial charge on any atom is 0.339 e. The molecule has 29 heavy (non-hydrogen) atoms. The minimum Gasteiger partial charge on any atom is -0.496 e. The number of carbonyl (C=O) groups is 3. The van der Waals surface area contributed by atoms with Gasteiger partial charge in [-0.1, -0.05) is 23.8 Å². The molecular weight excluding hydrogens is 372 g/mol. The van der Waals surface area contributed by atoms with Crippen LogP contribution >= 0.6 is 0 Å². The topological polar surface area (TPSA) is 84.9 Å². The second-order valence-corrected chi connectivity index (χ2v) is 6.84. The first-order chi connectivity index (χ1) is 13.7. The Morgan fingerprint density at radius 1 is 1.07 bits per heavy atom. The van der Waals surface area contributed by atoms with Crippen molar-refractivity contribution in [3.63, 3.8) is 0 Å². The molecule has 0 radical (unpaired) electrons. The van der Waals surface area contributed by atoms with E-state index in [-0.39, 0.29) is 18.0 Å². The summed E-state index contributed by atoms with van der Waals surface area (Å²) in [7, 11) is 3.00. The number of hydrogen-bond donors (Lipinski definition) is 1. The highest BCUT2D eigenvalue weighted by atomic mass is 16.5. The summed E-state index contributed by atoms with van der Waals surface area (Å²) >= 11 is 0. The molecule has 1 atom stereocenters. The quantitative estimate of drug-likeness (QED) is 0.725. The third-order valence-corrected chi connectivity index (χ3v) is 4.37. The largest absolute Gasteiger partial charge is 0.496 e. The van der Waals surface area contributed by atoms with Gasteiger partial charge in [0.15, 0.2) is 6.10 Å². The van der Waals surface area contributed by atoms with E-state index in [4.69, 9.17) is 9.47 Å². The van der Waals surface area contributed by atoms with Gasteiger partial charge in [-0.25, -0.2) is 4.79 Å². The zero-order valence-electron chi connectivity index (χ0n) is 17.3. The number of carbonyl (C=O) groups excluding carboxylic acids is 3. The van der Waals surface area contributed by atoms with E-state index in [1.165, 1.54) is 26.0 Å². The van der Waals surface area contributed by atoms with Crippen LogP contribution in [0.1, 0.15) is 28.4 Å². The fourth-order valence-corrected chi connectivity index (χ4v) is 2.67. The van der Waals surface area contributed by atoms with Crippen LogP contribution in [0.3, 0.4) is 0 Å². The smallest absolute Gasteiger partial charge is 0.339 e. The third kappa shape index (κ3) is 6.07. The molecule has 2 aromatic carbocycles. The standard InChI is InChI=1S/C22H26N2O5/c1-14-6-10-18(11-7-14)23-20(25)13-24(4)21(26)16(3)29-22(27)17-9-8-15(2)19(12-17)28-5/h6-12,16H,13H2,1-5H3,(H,23,25)/t16-/m1/s1. The molecule has 0 fully saturated rings. The van der Waals surface area contributed by atoms with Gasteiger partial charge in [0.1, 0.15) is 5.75 Å². The van der Waals surface area contributed by atoms with Gasteiger partial charge >= 0.3 is 5.97 Å². The van der Waals surface area contributed by atoms with Crippen LogP contribution in [-0.4, -0.2) is 49.5 Å². The number of nitrogens with zero attached hydrogens (tertiary/aromatic N) is 1. The minimum absolute atomic E-state index is 0.160. The Labute approximate surface area is 170 Å². The first-order valence-corrected chi connectivity index (χ1v) is 9.18. The summed E-state index contributed by atoms with van der Waals surface area (Å²) in [5, 5.41) is 2.72. The van der Waals surface area contributed by atoms with Gasteiger partial charge in [0.2, 0.25) is 5.91 Å². The van der Waals surface area contributed by atoms with Crippen LogP contribution in [0.2, 0.25) is 0 Å². The summed E-state index contributed by atoms with van der Waals surface area (Å²) in [5.74, 6) is -0.895. The van der Waals surface area contributed by atoms with Gasteiger partial charge < -0.3 is 19.7 Å². The van der Waals surface area contributed by atoms with Crippen molar-refractivity contribution in [1.29, 1.82) is 0 Å². The number of anilines is 1. The highest BCUT2D eigenvalue weighted by Crippen LogP contribution is 2.20. The van der Waals surface area contributed by atoms with E-state index in [2.05, 4.69) is 5.32 Å². The molecule has 0 aliphatic rings. The first-order valence-electron chi connectivity index (χ1n) is 9.18. The molecular formula is C22H26N2O5. The van der Waals surface area contributed by atoms with E-state index in [0.717, 1.165) is 11.1 Å². The van der Waals surface area contributed by atoms with Gasteiger partial charge in [0, 0.05) is 12.7 Å². The predicted octanol–water partition coefficient (Wildman–Crippen LogP) is 2.95. The van der Waals surface area contributed by atoms with Crippen LogP contribution in [0.5, 0.6) is 5.75 Å². The molecule has 0 unspecified atom stereocenters. The molecule has 0 aliphatic carbocycles. The third-order valence-electron chi connectivity index (χ3n) is 4.37. The average Bonchev–Trinajstić information content (AvgIpc) is 2.69. The molecule has 0 saturated heterocycles. The lowest BCUT2D eigenvalue weighted by atomic mass is 10.1. The summed E-state index contributed by atoms with van der Waals surface area (Å²) in [5.41, 5.74) is 2.89. The van der Waals surface area contributed by atoms with Gasteiger partial charge in [-0.05, 0) is 50.6 Å². The van der Waals surface area contributed by atoms with E-state index in [1.54, 1.807) is 30.3 Å². The second kappa shape index (κ2) is 9.73. The van der Waals surface area contributed by atoms with Crippen molar-refractivity contribution >= 4 is 23.5 Å². The molecule has 0 aliphatic heterocycles. The van der Waals surface area contributed by atoms with Gasteiger partial charge in [-0.3, -0.25) is 9.59 Å². The number of aryl methyl sites for hydroxylation is 2. The summed E-state index contributed by atoms with van der Waals surface area (Å²) in [6, 6.07) is 12.2. The van der Waals surface area contributed by atoms with Crippen LogP contribution in [0, 0.1) is 13.8 Å². The molecule has 7 heteroatoms. The Bertz CT molecular complexity index is 893. The van der Waals surface area contributed by atoms with E-state index >= 15 is 0 Å². The van der Waals surface area contributed by atoms with Crippen molar-refractivity contribution in [2.75, 3.05) is 26.0 Å². The van der Waals surface area contributed by atoms with Crippen molar-refractivity contribution in [3.05, 3.63) is 59.2 Å². The molecule has 0 saturated carbocycles. The van der Waals surface area contributed by atoms with Crippen LogP contribution in [0.25, 0.3) is 0 Å². The number of nitrogens with one attached hydrogen (secondary N) is 1. The molecule has 2 amide bonds. The van der Waals surface area contributed by atoms with Crippen LogP contribution in [0.15, 0.2) is 42.5 Å². The number of likely N-dealkylation sites (N-methyl/N-ethyl adjacent to an activating group) is 1. The summed E-state index contributed by atoms with van der Waals surface area (Å²) < 4.78 is 10.5. The maximum atomic E-state index is 12.5. The Hall–Kier alpha value is -3.35. The molecule has 2 rings (SSSR count). The van der Waals surface area contributed by atoms with Gasteiger partial charge in [0.25, 0.3) is 5.91 Å². The van der Waals surface area contributed by atoms with Gasteiger partial charge in [-0.2, -0.15) is 0 Å². The predicted molar refractivity (Wildman–Crippen MR) is 110 cm³/mol. The Morgan fingerprint density at radius 3 is 2.34 bits per heavy atom. The maximum absolute atomic E-state index is 12.5. The second-order valence-electron chi connectivity index (χ2n) is 6.84. The lowest BCUT2D eigenvalue weighted by Crippen LogP contribution is -2.41. The number of benzene rings is 2. The lowest BCUT2D eigenvalue weighted by molar-refractivity contribution is -0.140. The fourth-order valence-electron chi connectivity index (χ4n) is 2.67. The Kier molecular flexibility index (Phi) is 7.36. The summed E-state index contributed by atoms with van der Waals surface area (Å²) in [4.78, 5) is 38.2. The van der Waals surface area contributed by atoms with Crippen molar-refractivity contribution < 1.29 is 23.9 Å². The Morgan fingerprint density at radius 2 is 1.72 bits per heavy atom. The molecule has 0 spiro atoms. The molecule has 0 aromatic heterocycles. The number of amides is 2. The highest BCUT2D eigenvalue weighted by molar-refractivity contribution is 5.96. The summed E-state index contributed by atoms with van der Waals surface area (Å²) in [6.07, 6.45) is -1.04. The van der Waals surface area contributed by atoms with Gasteiger partial charge in [0.05, 0.1) is 19.2 Å². The molecule has 2 aromatic rings. The van der Waals surface area contributed by atoms with Crippen molar-refractivity contribution in [1.82, 2.24) is 4.90 Å². The monoisotopic (exact) mass is 398 g/mol. The van der Waals surface area contributed by atoms with Crippen LogP contribution in [-0.2, 0) is 14.3 Å². The van der Waals surface area contributed by atoms with Crippen molar-refractivity contribution in [3.8, 4) is 5.75 Å². The first kappa shape index (κ1) is 21.9. The molecule has 154 valence electrons. The number of methoxy groups -OCH3 is 1. The van der Waals surface area contributed by atoms with Gasteiger partial charge in [-0.15, -0.1) is 0 Å².